The maximum absolute atomic E-state index is 12.2. The van der Waals surface area contributed by atoms with Crippen LogP contribution in [-0.4, -0.2) is 17.6 Å². The van der Waals surface area contributed by atoms with Gasteiger partial charge in [0.2, 0.25) is 11.8 Å². The zero-order chi connectivity index (χ0) is 17.1. The van der Waals surface area contributed by atoms with Gasteiger partial charge in [0.05, 0.1) is 11.8 Å². The third-order valence-corrected chi connectivity index (χ3v) is 4.06. The molecule has 0 aromatic heterocycles. The van der Waals surface area contributed by atoms with Crippen LogP contribution in [0, 0.1) is 11.8 Å². The molecule has 1 saturated carbocycles. The smallest absolute Gasteiger partial charge is 0.228 e. The van der Waals surface area contributed by atoms with Crippen molar-refractivity contribution in [3.63, 3.8) is 0 Å². The molecule has 1 aliphatic rings. The standard InChI is InChI=1S/C19H18N2O3/c1-12(22)13-7-9-15(10-8-13)21-19(24)17-11-16(17)18(23)20-14-5-3-2-4-6-14/h2-10,16-17H,11H2,1H3,(H,20,23)(H,21,24). The molecule has 122 valence electrons. The van der Waals surface area contributed by atoms with Gasteiger partial charge in [0.15, 0.2) is 5.78 Å². The second kappa shape index (κ2) is 6.66. The summed E-state index contributed by atoms with van der Waals surface area (Å²) in [5, 5.41) is 5.60. The zero-order valence-electron chi connectivity index (χ0n) is 13.3. The van der Waals surface area contributed by atoms with E-state index in [4.69, 9.17) is 0 Å². The van der Waals surface area contributed by atoms with E-state index >= 15 is 0 Å². The van der Waals surface area contributed by atoms with Gasteiger partial charge < -0.3 is 10.6 Å². The van der Waals surface area contributed by atoms with Gasteiger partial charge >= 0.3 is 0 Å². The molecule has 2 atom stereocenters. The van der Waals surface area contributed by atoms with Crippen LogP contribution in [0.3, 0.4) is 0 Å². The van der Waals surface area contributed by atoms with Crippen molar-refractivity contribution in [3.05, 3.63) is 60.2 Å². The molecular formula is C19H18N2O3. The molecule has 2 N–H and O–H groups in total. The molecule has 2 unspecified atom stereocenters. The first-order valence-corrected chi connectivity index (χ1v) is 7.82. The molecule has 0 radical (unpaired) electrons. The molecular weight excluding hydrogens is 304 g/mol. The van der Waals surface area contributed by atoms with E-state index in [1.807, 2.05) is 30.3 Å². The molecule has 0 bridgehead atoms. The number of carbonyl (C=O) groups is 3. The zero-order valence-corrected chi connectivity index (χ0v) is 13.3. The van der Waals surface area contributed by atoms with Crippen LogP contribution < -0.4 is 10.6 Å². The molecule has 0 aliphatic heterocycles. The summed E-state index contributed by atoms with van der Waals surface area (Å²) in [5.74, 6) is -0.914. The van der Waals surface area contributed by atoms with Crippen molar-refractivity contribution in [1.82, 2.24) is 0 Å². The first-order valence-electron chi connectivity index (χ1n) is 7.82. The van der Waals surface area contributed by atoms with Crippen molar-refractivity contribution in [3.8, 4) is 0 Å². The number of carbonyl (C=O) groups excluding carboxylic acids is 3. The van der Waals surface area contributed by atoms with E-state index in [0.29, 0.717) is 17.7 Å². The molecule has 1 aliphatic carbocycles. The van der Waals surface area contributed by atoms with Crippen LogP contribution in [0.1, 0.15) is 23.7 Å². The van der Waals surface area contributed by atoms with Gasteiger partial charge in [-0.25, -0.2) is 0 Å². The third kappa shape index (κ3) is 3.68. The number of anilines is 2. The Morgan fingerprint density at radius 3 is 1.79 bits per heavy atom. The largest absolute Gasteiger partial charge is 0.326 e. The van der Waals surface area contributed by atoms with Crippen LogP contribution in [0.2, 0.25) is 0 Å². The van der Waals surface area contributed by atoms with Gasteiger partial charge in [-0.1, -0.05) is 18.2 Å². The lowest BCUT2D eigenvalue weighted by Gasteiger charge is -2.06. The van der Waals surface area contributed by atoms with Gasteiger partial charge in [0, 0.05) is 16.9 Å². The summed E-state index contributed by atoms with van der Waals surface area (Å²) in [7, 11) is 0. The molecule has 5 heteroatoms. The fraction of sp³-hybridized carbons (Fsp3) is 0.211. The number of Topliss-reactive ketones (excluding diaryl/α,β-unsaturated/α-hetero) is 1. The fourth-order valence-corrected chi connectivity index (χ4v) is 2.55. The van der Waals surface area contributed by atoms with Crippen LogP contribution in [-0.2, 0) is 9.59 Å². The second-order valence-electron chi connectivity index (χ2n) is 5.93. The SMILES string of the molecule is CC(=O)c1ccc(NC(=O)C2CC2C(=O)Nc2ccccc2)cc1. The Kier molecular flexibility index (Phi) is 4.42. The van der Waals surface area contributed by atoms with E-state index in [2.05, 4.69) is 10.6 Å². The van der Waals surface area contributed by atoms with Crippen LogP contribution in [0.25, 0.3) is 0 Å². The molecule has 1 fully saturated rings. The molecule has 2 amide bonds. The minimum Gasteiger partial charge on any atom is -0.326 e. The summed E-state index contributed by atoms with van der Waals surface area (Å²) in [6.07, 6.45) is 0.552. The summed E-state index contributed by atoms with van der Waals surface area (Å²) < 4.78 is 0. The Hall–Kier alpha value is -2.95. The minimum absolute atomic E-state index is 0.0206. The van der Waals surface area contributed by atoms with Gasteiger partial charge in [-0.3, -0.25) is 14.4 Å². The molecule has 3 rings (SSSR count). The number of hydrogen-bond donors (Lipinski definition) is 2. The molecule has 2 aromatic rings. The van der Waals surface area contributed by atoms with Crippen molar-refractivity contribution in [1.29, 1.82) is 0 Å². The number of nitrogens with one attached hydrogen (secondary N) is 2. The number of para-hydroxylation sites is 1. The van der Waals surface area contributed by atoms with E-state index in [1.165, 1.54) is 6.92 Å². The van der Waals surface area contributed by atoms with Crippen molar-refractivity contribution in [2.24, 2.45) is 11.8 Å². The highest BCUT2D eigenvalue weighted by Gasteiger charge is 2.48. The number of hydrogen-bond acceptors (Lipinski definition) is 3. The van der Waals surface area contributed by atoms with Crippen molar-refractivity contribution < 1.29 is 14.4 Å². The van der Waals surface area contributed by atoms with E-state index in [-0.39, 0.29) is 29.4 Å². The third-order valence-electron chi connectivity index (χ3n) is 4.06. The number of rotatable bonds is 5. The Labute approximate surface area is 140 Å². The lowest BCUT2D eigenvalue weighted by Crippen LogP contribution is -2.20. The van der Waals surface area contributed by atoms with Crippen LogP contribution in [0.5, 0.6) is 0 Å². The molecule has 0 spiro atoms. The van der Waals surface area contributed by atoms with Crippen molar-refractivity contribution in [2.75, 3.05) is 10.6 Å². The summed E-state index contributed by atoms with van der Waals surface area (Å²) in [6, 6.07) is 15.9. The Morgan fingerprint density at radius 2 is 1.29 bits per heavy atom. The predicted molar refractivity (Wildman–Crippen MR) is 91.7 cm³/mol. The highest BCUT2D eigenvalue weighted by atomic mass is 16.2. The fourth-order valence-electron chi connectivity index (χ4n) is 2.55. The van der Waals surface area contributed by atoms with E-state index < -0.39 is 0 Å². The predicted octanol–water partition coefficient (Wildman–Crippen LogP) is 3.10. The minimum atomic E-state index is -0.304. The Morgan fingerprint density at radius 1 is 0.792 bits per heavy atom. The highest BCUT2D eigenvalue weighted by Crippen LogP contribution is 2.40. The monoisotopic (exact) mass is 322 g/mol. The second-order valence-corrected chi connectivity index (χ2v) is 5.93. The summed E-state index contributed by atoms with van der Waals surface area (Å²) in [5.41, 5.74) is 1.95. The number of benzene rings is 2. The lowest BCUT2D eigenvalue weighted by atomic mass is 10.1. The Bertz CT molecular complexity index is 769. The van der Waals surface area contributed by atoms with Gasteiger partial charge in [-0.05, 0) is 49.7 Å². The molecule has 2 aromatic carbocycles. The number of ketones is 1. The van der Waals surface area contributed by atoms with Crippen LogP contribution in [0.15, 0.2) is 54.6 Å². The van der Waals surface area contributed by atoms with Crippen molar-refractivity contribution in [2.45, 2.75) is 13.3 Å². The number of amides is 2. The summed E-state index contributed by atoms with van der Waals surface area (Å²) >= 11 is 0. The maximum atomic E-state index is 12.2. The molecule has 5 nitrogen and oxygen atoms in total. The quantitative estimate of drug-likeness (QED) is 0.831. The highest BCUT2D eigenvalue weighted by molar-refractivity contribution is 6.03. The topological polar surface area (TPSA) is 75.3 Å². The first kappa shape index (κ1) is 15.9. The van der Waals surface area contributed by atoms with Crippen LogP contribution in [0.4, 0.5) is 11.4 Å². The van der Waals surface area contributed by atoms with E-state index in [1.54, 1.807) is 24.3 Å². The summed E-state index contributed by atoms with van der Waals surface area (Å²) in [6.45, 7) is 1.49. The van der Waals surface area contributed by atoms with Crippen LogP contribution >= 0.6 is 0 Å². The van der Waals surface area contributed by atoms with Crippen molar-refractivity contribution >= 4 is 29.0 Å². The Balaban J connectivity index is 1.54. The van der Waals surface area contributed by atoms with Gasteiger partial charge in [0.25, 0.3) is 0 Å². The molecule has 24 heavy (non-hydrogen) atoms. The normalized spacial score (nSPS) is 18.5. The molecule has 0 heterocycles. The molecule has 0 saturated heterocycles. The first-order chi connectivity index (χ1) is 11.5. The van der Waals surface area contributed by atoms with Gasteiger partial charge in [-0.2, -0.15) is 0 Å². The van der Waals surface area contributed by atoms with Gasteiger partial charge in [0.1, 0.15) is 0 Å². The van der Waals surface area contributed by atoms with E-state index in [9.17, 15) is 14.4 Å². The summed E-state index contributed by atoms with van der Waals surface area (Å²) in [4.78, 5) is 35.6. The van der Waals surface area contributed by atoms with E-state index in [0.717, 1.165) is 5.69 Å². The maximum Gasteiger partial charge on any atom is 0.228 e. The van der Waals surface area contributed by atoms with Gasteiger partial charge in [-0.15, -0.1) is 0 Å². The average Bonchev–Trinajstić information content (AvgIpc) is 3.37. The lowest BCUT2D eigenvalue weighted by molar-refractivity contribution is -0.122. The average molecular weight is 322 g/mol.